The fourth-order valence-electron chi connectivity index (χ4n) is 4.83. The first kappa shape index (κ1) is 54.2. The van der Waals surface area contributed by atoms with Crippen molar-refractivity contribution in [3.05, 3.63) is 53.6 Å². The summed E-state index contributed by atoms with van der Waals surface area (Å²) in [5.74, 6) is -3.22. The van der Waals surface area contributed by atoms with Gasteiger partial charge in [0.25, 0.3) is 0 Å². The summed E-state index contributed by atoms with van der Waals surface area (Å²) < 4.78 is 68.2. The van der Waals surface area contributed by atoms with Crippen LogP contribution in [0.3, 0.4) is 0 Å². The van der Waals surface area contributed by atoms with Crippen LogP contribution in [-0.2, 0) is 50.0 Å². The summed E-state index contributed by atoms with van der Waals surface area (Å²) in [5.41, 5.74) is -4.57. The number of hydrogen-bond donors (Lipinski definition) is 3. The van der Waals surface area contributed by atoms with Crippen LogP contribution >= 0.6 is 0 Å². The molecule has 3 amide bonds. The molecule has 0 aromatic heterocycles. The quantitative estimate of drug-likeness (QED) is 0.0639. The third-order valence-corrected chi connectivity index (χ3v) is 8.47. The van der Waals surface area contributed by atoms with E-state index in [0.717, 1.165) is 0 Å². The van der Waals surface area contributed by atoms with Crippen molar-refractivity contribution in [2.45, 2.75) is 151 Å². The first-order valence-electron chi connectivity index (χ1n) is 20.0. The molecule has 0 bridgehead atoms. The number of methoxy groups -OCH3 is 1. The molecule has 0 radical (unpaired) electrons. The molecule has 3 N–H and O–H groups in total. The van der Waals surface area contributed by atoms with E-state index < -0.39 is 93.4 Å². The number of esters is 3. The van der Waals surface area contributed by atoms with Gasteiger partial charge < -0.3 is 33.2 Å². The minimum absolute atomic E-state index is 0.0151. The second kappa shape index (κ2) is 21.1. The van der Waals surface area contributed by atoms with Crippen molar-refractivity contribution in [1.82, 2.24) is 19.7 Å². The highest BCUT2D eigenvalue weighted by Crippen LogP contribution is 2.29. The molecule has 0 aliphatic heterocycles. The largest absolute Gasteiger partial charge is 0.496 e. The molecular formula is C43H63N5O15S. The van der Waals surface area contributed by atoms with Crippen molar-refractivity contribution in [1.29, 1.82) is 0 Å². The summed E-state index contributed by atoms with van der Waals surface area (Å²) in [5, 5.41) is 4.73. The van der Waals surface area contributed by atoms with Crippen LogP contribution in [0.15, 0.2) is 47.5 Å². The number of hydrogen-bond acceptors (Lipinski definition) is 16. The van der Waals surface area contributed by atoms with E-state index in [9.17, 15) is 37.2 Å². The normalized spacial score (nSPS) is 12.7. The molecule has 0 saturated carbocycles. The van der Waals surface area contributed by atoms with Gasteiger partial charge in [0.15, 0.2) is 0 Å². The van der Waals surface area contributed by atoms with Gasteiger partial charge in [-0.25, -0.2) is 24.2 Å². The Morgan fingerprint density at radius 2 is 1.14 bits per heavy atom. The maximum atomic E-state index is 14.0. The molecule has 0 saturated heterocycles. The molecule has 1 unspecified atom stereocenters. The average molecular weight is 922 g/mol. The Labute approximate surface area is 375 Å². The highest BCUT2D eigenvalue weighted by atomic mass is 32.2. The SMILES string of the molecule is COc1cc(OC(=O)c2ccc(N=C(NC(=O)OC(C)(C)C)NC(=O)OC(C)(C)C)cc2)ccc1CN(C(=O)OC(C)(C)C)S(=O)(=O)NC(CC(=O)OC(C)(C)C)C(=O)OC(C)(C)C. The topological polar surface area (TPSA) is 253 Å². The average Bonchev–Trinajstić information content (AvgIpc) is 3.06. The Hall–Kier alpha value is -5.96. The molecular weight excluding hydrogens is 859 g/mol. The zero-order valence-corrected chi connectivity index (χ0v) is 40.3. The lowest BCUT2D eigenvalue weighted by Gasteiger charge is -2.30. The fourth-order valence-corrected chi connectivity index (χ4v) is 6.04. The van der Waals surface area contributed by atoms with Crippen LogP contribution in [0.25, 0.3) is 0 Å². The predicted molar refractivity (Wildman–Crippen MR) is 234 cm³/mol. The molecule has 2 rings (SSSR count). The van der Waals surface area contributed by atoms with Gasteiger partial charge in [-0.3, -0.25) is 20.2 Å². The highest BCUT2D eigenvalue weighted by Gasteiger charge is 2.39. The van der Waals surface area contributed by atoms with Gasteiger partial charge in [-0.05, 0) is 140 Å². The lowest BCUT2D eigenvalue weighted by molar-refractivity contribution is -0.164. The smallest absolute Gasteiger partial charge is 0.425 e. The van der Waals surface area contributed by atoms with E-state index in [-0.39, 0.29) is 34.3 Å². The molecule has 0 heterocycles. The maximum Gasteiger partial charge on any atom is 0.425 e. The van der Waals surface area contributed by atoms with E-state index in [2.05, 4.69) is 20.3 Å². The van der Waals surface area contributed by atoms with Crippen LogP contribution in [0.2, 0.25) is 0 Å². The van der Waals surface area contributed by atoms with Crippen molar-refractivity contribution in [3.63, 3.8) is 0 Å². The molecule has 0 aliphatic carbocycles. The molecule has 0 aliphatic rings. The Kier molecular flexibility index (Phi) is 17.9. The summed E-state index contributed by atoms with van der Waals surface area (Å²) in [6, 6.07) is 7.69. The number of benzene rings is 2. The molecule has 1 atom stereocenters. The van der Waals surface area contributed by atoms with Crippen LogP contribution in [-0.4, -0.2) is 96.0 Å². The summed E-state index contributed by atoms with van der Waals surface area (Å²) in [6.07, 6.45) is -3.91. The molecule has 0 fully saturated rings. The number of nitrogens with zero attached hydrogens (tertiary/aromatic N) is 2. The third-order valence-electron chi connectivity index (χ3n) is 7.03. The molecule has 64 heavy (non-hydrogen) atoms. The van der Waals surface area contributed by atoms with Gasteiger partial charge in [0.2, 0.25) is 5.96 Å². The highest BCUT2D eigenvalue weighted by molar-refractivity contribution is 7.87. The Bertz CT molecular complexity index is 2120. The van der Waals surface area contributed by atoms with Crippen molar-refractivity contribution in [2.24, 2.45) is 4.99 Å². The number of ether oxygens (including phenoxy) is 7. The van der Waals surface area contributed by atoms with E-state index in [1.807, 2.05) is 0 Å². The Morgan fingerprint density at radius 1 is 0.656 bits per heavy atom. The van der Waals surface area contributed by atoms with Crippen molar-refractivity contribution < 1.29 is 70.3 Å². The van der Waals surface area contributed by atoms with Gasteiger partial charge in [0.05, 0.1) is 31.3 Å². The first-order chi connectivity index (χ1) is 28.9. The molecule has 2 aromatic carbocycles. The van der Waals surface area contributed by atoms with Crippen LogP contribution in [0, 0.1) is 0 Å². The van der Waals surface area contributed by atoms with Gasteiger partial charge in [0.1, 0.15) is 45.5 Å². The van der Waals surface area contributed by atoms with E-state index in [1.165, 1.54) is 70.3 Å². The van der Waals surface area contributed by atoms with Crippen LogP contribution in [0.1, 0.15) is 126 Å². The van der Waals surface area contributed by atoms with Gasteiger partial charge in [-0.2, -0.15) is 17.4 Å². The number of guanidine groups is 1. The lowest BCUT2D eigenvalue weighted by atomic mass is 10.1. The zero-order valence-electron chi connectivity index (χ0n) is 39.5. The van der Waals surface area contributed by atoms with Gasteiger partial charge in [-0.15, -0.1) is 0 Å². The monoisotopic (exact) mass is 921 g/mol. The number of nitrogens with one attached hydrogen (secondary N) is 3. The standard InChI is InChI=1S/C43H63N5O15S/c1-39(2,3)59-32(49)24-30(34(51)60-40(4,5)6)47-64(55,56)48(38(54)63-43(13,14)15)25-27-19-22-29(23-31(27)57-16)58-33(50)26-17-20-28(21-18-26)44-35(45-36(52)61-41(7,8)9)46-37(53)62-42(10,11)12/h17-23,30,47H,24-25H2,1-16H3,(H2,44,45,46,52,53). The second-order valence-electron chi connectivity index (χ2n) is 19.1. The number of carbonyl (C=O) groups is 6. The minimum atomic E-state index is -5.01. The number of alkyl carbamates (subject to hydrolysis) is 2. The summed E-state index contributed by atoms with van der Waals surface area (Å²) in [6.45, 7) is 23.2. The van der Waals surface area contributed by atoms with E-state index in [0.29, 0.717) is 4.31 Å². The van der Waals surface area contributed by atoms with Crippen LogP contribution < -0.4 is 24.8 Å². The van der Waals surface area contributed by atoms with Gasteiger partial charge in [0, 0.05) is 11.6 Å². The van der Waals surface area contributed by atoms with E-state index >= 15 is 0 Å². The van der Waals surface area contributed by atoms with E-state index in [4.69, 9.17) is 33.2 Å². The summed E-state index contributed by atoms with van der Waals surface area (Å²) in [4.78, 5) is 82.1. The number of carbonyl (C=O) groups excluding carboxylic acids is 6. The second-order valence-corrected chi connectivity index (χ2v) is 20.7. The van der Waals surface area contributed by atoms with Crippen molar-refractivity contribution in [3.8, 4) is 11.5 Å². The third kappa shape index (κ3) is 20.5. The van der Waals surface area contributed by atoms with E-state index in [1.54, 1.807) is 83.1 Å². The Balaban J connectivity index is 2.44. The maximum absolute atomic E-state index is 14.0. The number of amides is 3. The van der Waals surface area contributed by atoms with Crippen molar-refractivity contribution in [2.75, 3.05) is 7.11 Å². The molecule has 0 spiro atoms. The predicted octanol–water partition coefficient (Wildman–Crippen LogP) is 6.96. The van der Waals surface area contributed by atoms with Gasteiger partial charge >= 0.3 is 46.4 Å². The fraction of sp³-hybridized carbons (Fsp3) is 0.558. The Morgan fingerprint density at radius 3 is 1.59 bits per heavy atom. The molecule has 2 aromatic rings. The summed E-state index contributed by atoms with van der Waals surface area (Å²) in [7, 11) is -3.75. The van der Waals surface area contributed by atoms with Crippen molar-refractivity contribution >= 4 is 58.0 Å². The van der Waals surface area contributed by atoms with Crippen LogP contribution in [0.5, 0.6) is 11.5 Å². The van der Waals surface area contributed by atoms with Crippen LogP contribution in [0.4, 0.5) is 20.1 Å². The first-order valence-corrected chi connectivity index (χ1v) is 21.4. The summed E-state index contributed by atoms with van der Waals surface area (Å²) >= 11 is 0. The van der Waals surface area contributed by atoms with Gasteiger partial charge in [-0.1, -0.05) is 0 Å². The number of aliphatic imine (C=N–C) groups is 1. The molecule has 356 valence electrons. The lowest BCUT2D eigenvalue weighted by Crippen LogP contribution is -2.53. The molecule has 20 nitrogen and oxygen atoms in total. The number of rotatable bonds is 12. The minimum Gasteiger partial charge on any atom is -0.496 e. The zero-order chi connectivity index (χ0) is 49.2. The molecule has 21 heteroatoms.